The number of carbonyl (C=O) groups is 1. The van der Waals surface area contributed by atoms with Crippen molar-refractivity contribution in [2.75, 3.05) is 26.2 Å². The highest BCUT2D eigenvalue weighted by atomic mass is 19.2. The van der Waals surface area contributed by atoms with E-state index in [4.69, 9.17) is 4.74 Å². The van der Waals surface area contributed by atoms with Gasteiger partial charge in [0, 0.05) is 12.6 Å². The lowest BCUT2D eigenvalue weighted by molar-refractivity contribution is -0.124. The Morgan fingerprint density at radius 2 is 2.26 bits per heavy atom. The van der Waals surface area contributed by atoms with E-state index < -0.39 is 11.6 Å². The minimum atomic E-state index is -0.946. The first-order valence-electron chi connectivity index (χ1n) is 6.23. The topological polar surface area (TPSA) is 50.4 Å². The van der Waals surface area contributed by atoms with Crippen molar-refractivity contribution in [1.82, 2.24) is 10.6 Å². The van der Waals surface area contributed by atoms with Crippen molar-refractivity contribution in [2.24, 2.45) is 5.92 Å². The van der Waals surface area contributed by atoms with E-state index in [0.717, 1.165) is 25.1 Å². The molecule has 0 saturated carbocycles. The van der Waals surface area contributed by atoms with Gasteiger partial charge < -0.3 is 15.4 Å². The summed E-state index contributed by atoms with van der Waals surface area (Å²) in [4.78, 5) is 11.6. The Morgan fingerprint density at radius 1 is 1.42 bits per heavy atom. The highest BCUT2D eigenvalue weighted by Crippen LogP contribution is 2.15. The van der Waals surface area contributed by atoms with Gasteiger partial charge in [-0.05, 0) is 25.1 Å². The van der Waals surface area contributed by atoms with Crippen LogP contribution in [0.3, 0.4) is 0 Å². The summed E-state index contributed by atoms with van der Waals surface area (Å²) < 4.78 is 30.8. The van der Waals surface area contributed by atoms with E-state index in [1.54, 1.807) is 0 Å². The summed E-state index contributed by atoms with van der Waals surface area (Å²) in [5.41, 5.74) is 0. The molecule has 0 bridgehead atoms. The molecule has 1 saturated heterocycles. The molecule has 1 heterocycles. The lowest BCUT2D eigenvalue weighted by Crippen LogP contribution is -2.34. The maximum Gasteiger partial charge on any atom is 0.224 e. The van der Waals surface area contributed by atoms with E-state index in [1.807, 2.05) is 0 Å². The lowest BCUT2D eigenvalue weighted by atomic mass is 10.1. The van der Waals surface area contributed by atoms with E-state index in [2.05, 4.69) is 10.6 Å². The SMILES string of the molecule is O=C(NCCOc1ccc(F)c(F)c1)C1CCNC1. The maximum absolute atomic E-state index is 12.9. The fourth-order valence-electron chi connectivity index (χ4n) is 1.93. The number of rotatable bonds is 5. The molecule has 1 aromatic carbocycles. The zero-order valence-electron chi connectivity index (χ0n) is 10.4. The smallest absolute Gasteiger partial charge is 0.224 e. The van der Waals surface area contributed by atoms with Crippen LogP contribution < -0.4 is 15.4 Å². The van der Waals surface area contributed by atoms with Crippen LogP contribution in [0.1, 0.15) is 6.42 Å². The minimum Gasteiger partial charge on any atom is -0.492 e. The van der Waals surface area contributed by atoms with Crippen LogP contribution in [0, 0.1) is 17.6 Å². The van der Waals surface area contributed by atoms with Gasteiger partial charge in [0.1, 0.15) is 12.4 Å². The number of ether oxygens (including phenoxy) is 1. The fraction of sp³-hybridized carbons (Fsp3) is 0.462. The second kappa shape index (κ2) is 6.47. The summed E-state index contributed by atoms with van der Waals surface area (Å²) >= 11 is 0. The summed E-state index contributed by atoms with van der Waals surface area (Å²) in [6, 6.07) is 3.34. The lowest BCUT2D eigenvalue weighted by Gasteiger charge is -2.10. The number of halogens is 2. The van der Waals surface area contributed by atoms with Gasteiger partial charge in [0.25, 0.3) is 0 Å². The second-order valence-corrected chi connectivity index (χ2v) is 4.41. The molecular formula is C13H16F2N2O2. The molecule has 2 N–H and O–H groups in total. The Balaban J connectivity index is 1.68. The standard InChI is InChI=1S/C13H16F2N2O2/c14-11-2-1-10(7-12(11)15)19-6-5-17-13(18)9-3-4-16-8-9/h1-2,7,9,16H,3-6,8H2,(H,17,18). The van der Waals surface area contributed by atoms with Crippen LogP contribution in [0.4, 0.5) is 8.78 Å². The van der Waals surface area contributed by atoms with Crippen LogP contribution in [0.5, 0.6) is 5.75 Å². The summed E-state index contributed by atoms with van der Waals surface area (Å²) in [6.07, 6.45) is 0.843. The molecule has 104 valence electrons. The van der Waals surface area contributed by atoms with Crippen molar-refractivity contribution < 1.29 is 18.3 Å². The molecule has 1 amide bonds. The van der Waals surface area contributed by atoms with Gasteiger partial charge in [0.05, 0.1) is 12.5 Å². The van der Waals surface area contributed by atoms with Crippen molar-refractivity contribution >= 4 is 5.91 Å². The first-order valence-corrected chi connectivity index (χ1v) is 6.23. The van der Waals surface area contributed by atoms with E-state index in [-0.39, 0.29) is 24.2 Å². The molecule has 0 aromatic heterocycles. The molecular weight excluding hydrogens is 254 g/mol. The summed E-state index contributed by atoms with van der Waals surface area (Å²) in [5.74, 6) is -1.59. The van der Waals surface area contributed by atoms with Crippen molar-refractivity contribution in [3.8, 4) is 5.75 Å². The Bertz CT molecular complexity index is 448. The van der Waals surface area contributed by atoms with E-state index in [0.29, 0.717) is 13.1 Å². The quantitative estimate of drug-likeness (QED) is 0.787. The van der Waals surface area contributed by atoms with Crippen LogP contribution in [0.25, 0.3) is 0 Å². The first-order chi connectivity index (χ1) is 9.16. The van der Waals surface area contributed by atoms with Crippen molar-refractivity contribution in [3.05, 3.63) is 29.8 Å². The molecule has 1 aliphatic rings. The van der Waals surface area contributed by atoms with E-state index in [1.165, 1.54) is 6.07 Å². The molecule has 1 atom stereocenters. The molecule has 2 rings (SSSR count). The van der Waals surface area contributed by atoms with E-state index in [9.17, 15) is 13.6 Å². The van der Waals surface area contributed by atoms with Crippen molar-refractivity contribution in [3.63, 3.8) is 0 Å². The van der Waals surface area contributed by atoms with Gasteiger partial charge in [-0.25, -0.2) is 8.78 Å². The normalized spacial score (nSPS) is 18.3. The minimum absolute atomic E-state index is 0.00103. The third kappa shape index (κ3) is 3.89. The molecule has 6 heteroatoms. The van der Waals surface area contributed by atoms with Gasteiger partial charge in [0.2, 0.25) is 5.91 Å². The van der Waals surface area contributed by atoms with Gasteiger partial charge in [-0.1, -0.05) is 0 Å². The molecule has 1 unspecified atom stereocenters. The third-order valence-corrected chi connectivity index (χ3v) is 2.99. The average molecular weight is 270 g/mol. The zero-order chi connectivity index (χ0) is 13.7. The van der Waals surface area contributed by atoms with Crippen molar-refractivity contribution in [2.45, 2.75) is 6.42 Å². The number of carbonyl (C=O) groups excluding carboxylic acids is 1. The Morgan fingerprint density at radius 3 is 2.95 bits per heavy atom. The van der Waals surface area contributed by atoms with Crippen LogP contribution in [0.15, 0.2) is 18.2 Å². The Labute approximate surface area is 110 Å². The van der Waals surface area contributed by atoms with Crippen LogP contribution in [-0.2, 0) is 4.79 Å². The molecule has 4 nitrogen and oxygen atoms in total. The number of nitrogens with one attached hydrogen (secondary N) is 2. The van der Waals surface area contributed by atoms with Gasteiger partial charge in [0.15, 0.2) is 11.6 Å². The molecule has 0 radical (unpaired) electrons. The summed E-state index contributed by atoms with van der Waals surface area (Å²) in [6.45, 7) is 2.13. The van der Waals surface area contributed by atoms with E-state index >= 15 is 0 Å². The monoisotopic (exact) mass is 270 g/mol. The average Bonchev–Trinajstić information content (AvgIpc) is 2.92. The molecule has 0 spiro atoms. The Kier molecular flexibility index (Phi) is 4.68. The number of amides is 1. The Hall–Kier alpha value is -1.69. The summed E-state index contributed by atoms with van der Waals surface area (Å²) in [5, 5.41) is 5.86. The second-order valence-electron chi connectivity index (χ2n) is 4.41. The largest absolute Gasteiger partial charge is 0.492 e. The maximum atomic E-state index is 12.9. The van der Waals surface area contributed by atoms with Gasteiger partial charge >= 0.3 is 0 Å². The molecule has 19 heavy (non-hydrogen) atoms. The molecule has 0 aliphatic carbocycles. The van der Waals surface area contributed by atoms with Crippen LogP contribution in [-0.4, -0.2) is 32.1 Å². The predicted molar refractivity (Wildman–Crippen MR) is 65.8 cm³/mol. The molecule has 1 aliphatic heterocycles. The summed E-state index contributed by atoms with van der Waals surface area (Å²) in [7, 11) is 0. The predicted octanol–water partition coefficient (Wildman–Crippen LogP) is 1.07. The van der Waals surface area contributed by atoms with Crippen molar-refractivity contribution in [1.29, 1.82) is 0 Å². The fourth-order valence-corrected chi connectivity index (χ4v) is 1.93. The highest BCUT2D eigenvalue weighted by Gasteiger charge is 2.21. The third-order valence-electron chi connectivity index (χ3n) is 2.99. The van der Waals surface area contributed by atoms with Gasteiger partial charge in [-0.3, -0.25) is 4.79 Å². The number of hydrogen-bond acceptors (Lipinski definition) is 3. The zero-order valence-corrected chi connectivity index (χ0v) is 10.4. The van der Waals surface area contributed by atoms with Crippen LogP contribution >= 0.6 is 0 Å². The number of benzene rings is 1. The molecule has 1 aromatic rings. The van der Waals surface area contributed by atoms with Gasteiger partial charge in [-0.2, -0.15) is 0 Å². The van der Waals surface area contributed by atoms with Crippen LogP contribution in [0.2, 0.25) is 0 Å². The van der Waals surface area contributed by atoms with Gasteiger partial charge in [-0.15, -0.1) is 0 Å². The molecule has 1 fully saturated rings. The number of hydrogen-bond donors (Lipinski definition) is 2. The first kappa shape index (κ1) is 13.7. The highest BCUT2D eigenvalue weighted by molar-refractivity contribution is 5.79.